The molecular weight excluding hydrogens is 446 g/mol. The Kier molecular flexibility index (Phi) is 7.21. The summed E-state index contributed by atoms with van der Waals surface area (Å²) < 4.78 is 2.24. The molecule has 4 rings (SSSR count). The molecule has 1 aliphatic carbocycles. The number of benzene rings is 1. The van der Waals surface area contributed by atoms with E-state index in [4.69, 9.17) is 0 Å². The SMILES string of the molecule is Cc1cc([N+](=O)[O-])ccc1NC(=O)CSc1nnc(Cc2cccs2)n1C1CCCCC1. The lowest BCUT2D eigenvalue weighted by molar-refractivity contribution is -0.384. The van der Waals surface area contributed by atoms with Crippen molar-refractivity contribution in [3.63, 3.8) is 0 Å². The Hall–Kier alpha value is -2.72. The van der Waals surface area contributed by atoms with Gasteiger partial charge in [-0.1, -0.05) is 37.1 Å². The molecule has 1 N–H and O–H groups in total. The Labute approximate surface area is 194 Å². The summed E-state index contributed by atoms with van der Waals surface area (Å²) >= 11 is 3.10. The first-order chi connectivity index (χ1) is 15.5. The summed E-state index contributed by atoms with van der Waals surface area (Å²) in [6.45, 7) is 1.74. The van der Waals surface area contributed by atoms with Crippen LogP contribution in [0.15, 0.2) is 40.9 Å². The quantitative estimate of drug-likeness (QED) is 0.269. The zero-order valence-electron chi connectivity index (χ0n) is 17.8. The maximum absolute atomic E-state index is 12.6. The third-order valence-electron chi connectivity index (χ3n) is 5.61. The molecule has 0 bridgehead atoms. The van der Waals surface area contributed by atoms with Gasteiger partial charge in [0.1, 0.15) is 5.82 Å². The van der Waals surface area contributed by atoms with Gasteiger partial charge in [0.15, 0.2) is 5.16 Å². The number of thiophene rings is 1. The molecule has 3 aromatic rings. The molecule has 8 nitrogen and oxygen atoms in total. The molecule has 0 spiro atoms. The highest BCUT2D eigenvalue weighted by Crippen LogP contribution is 2.33. The molecule has 32 heavy (non-hydrogen) atoms. The van der Waals surface area contributed by atoms with Gasteiger partial charge in [-0.15, -0.1) is 21.5 Å². The first kappa shape index (κ1) is 22.5. The molecule has 0 atom stereocenters. The lowest BCUT2D eigenvalue weighted by atomic mass is 9.95. The molecule has 2 aromatic heterocycles. The van der Waals surface area contributed by atoms with E-state index in [9.17, 15) is 14.9 Å². The van der Waals surface area contributed by atoms with E-state index in [0.717, 1.165) is 30.2 Å². The number of amides is 1. The number of thioether (sulfide) groups is 1. The molecule has 1 aliphatic rings. The summed E-state index contributed by atoms with van der Waals surface area (Å²) in [7, 11) is 0. The number of anilines is 1. The number of nitrogens with zero attached hydrogens (tertiary/aromatic N) is 4. The second kappa shape index (κ2) is 10.3. The number of nitro benzene ring substituents is 1. The maximum atomic E-state index is 12.6. The van der Waals surface area contributed by atoms with Crippen molar-refractivity contribution in [3.05, 3.63) is 62.1 Å². The van der Waals surface area contributed by atoms with E-state index in [2.05, 4.69) is 31.5 Å². The van der Waals surface area contributed by atoms with Gasteiger partial charge in [-0.3, -0.25) is 14.9 Å². The Morgan fingerprint density at radius 2 is 2.09 bits per heavy atom. The van der Waals surface area contributed by atoms with E-state index in [1.807, 2.05) is 6.07 Å². The Balaban J connectivity index is 1.45. The summed E-state index contributed by atoms with van der Waals surface area (Å²) in [4.78, 5) is 24.3. The van der Waals surface area contributed by atoms with E-state index in [1.54, 1.807) is 24.3 Å². The zero-order valence-corrected chi connectivity index (χ0v) is 19.5. The molecule has 0 aliphatic heterocycles. The molecule has 1 fully saturated rings. The topological polar surface area (TPSA) is 103 Å². The fourth-order valence-corrected chi connectivity index (χ4v) is 5.55. The minimum atomic E-state index is -0.444. The summed E-state index contributed by atoms with van der Waals surface area (Å²) in [5.74, 6) is 0.971. The lowest BCUT2D eigenvalue weighted by Gasteiger charge is -2.25. The number of non-ortho nitro benzene ring substituents is 1. The third kappa shape index (κ3) is 5.36. The first-order valence-electron chi connectivity index (χ1n) is 10.6. The monoisotopic (exact) mass is 471 g/mol. The highest BCUT2D eigenvalue weighted by Gasteiger charge is 2.24. The normalized spacial score (nSPS) is 14.4. The van der Waals surface area contributed by atoms with Gasteiger partial charge < -0.3 is 9.88 Å². The van der Waals surface area contributed by atoms with Crippen molar-refractivity contribution >= 4 is 40.4 Å². The summed E-state index contributed by atoms with van der Waals surface area (Å²) in [6.07, 6.45) is 6.62. The van der Waals surface area contributed by atoms with Gasteiger partial charge in [-0.05, 0) is 42.8 Å². The van der Waals surface area contributed by atoms with E-state index >= 15 is 0 Å². The highest BCUT2D eigenvalue weighted by molar-refractivity contribution is 7.99. The Morgan fingerprint density at radius 3 is 2.78 bits per heavy atom. The number of carbonyl (C=O) groups excluding carboxylic acids is 1. The zero-order chi connectivity index (χ0) is 22.5. The molecule has 2 heterocycles. The van der Waals surface area contributed by atoms with Crippen molar-refractivity contribution in [2.75, 3.05) is 11.1 Å². The molecule has 0 saturated heterocycles. The van der Waals surface area contributed by atoms with Crippen molar-refractivity contribution in [2.45, 2.75) is 56.6 Å². The molecule has 168 valence electrons. The molecular formula is C22H25N5O3S2. The van der Waals surface area contributed by atoms with Crippen LogP contribution in [0.3, 0.4) is 0 Å². The smallest absolute Gasteiger partial charge is 0.269 e. The molecule has 0 radical (unpaired) electrons. The number of aromatic nitrogens is 3. The molecule has 0 unspecified atom stereocenters. The average molecular weight is 472 g/mol. The number of hydrogen-bond acceptors (Lipinski definition) is 7. The number of rotatable bonds is 8. The van der Waals surface area contributed by atoms with Crippen LogP contribution in [0.1, 0.15) is 54.4 Å². The van der Waals surface area contributed by atoms with Gasteiger partial charge in [-0.2, -0.15) is 0 Å². The highest BCUT2D eigenvalue weighted by atomic mass is 32.2. The Morgan fingerprint density at radius 1 is 1.28 bits per heavy atom. The lowest BCUT2D eigenvalue weighted by Crippen LogP contribution is -2.18. The van der Waals surface area contributed by atoms with Gasteiger partial charge in [0.05, 0.1) is 10.7 Å². The van der Waals surface area contributed by atoms with Crippen molar-refractivity contribution in [1.29, 1.82) is 0 Å². The van der Waals surface area contributed by atoms with Crippen LogP contribution in [0.5, 0.6) is 0 Å². The standard InChI is InChI=1S/C22H25N5O3S2/c1-15-12-17(27(29)30)9-10-19(15)23-21(28)14-32-22-25-24-20(13-18-8-5-11-31-18)26(22)16-6-3-2-4-7-16/h5,8-12,16H,2-4,6-7,13-14H2,1H3,(H,23,28). The maximum Gasteiger partial charge on any atom is 0.269 e. The minimum absolute atomic E-state index is 0.00808. The van der Waals surface area contributed by atoms with Gasteiger partial charge in [0.25, 0.3) is 5.69 Å². The van der Waals surface area contributed by atoms with Crippen LogP contribution in [0.4, 0.5) is 11.4 Å². The van der Waals surface area contributed by atoms with Crippen LogP contribution < -0.4 is 5.32 Å². The van der Waals surface area contributed by atoms with Crippen molar-refractivity contribution in [1.82, 2.24) is 14.8 Å². The van der Waals surface area contributed by atoms with Gasteiger partial charge >= 0.3 is 0 Å². The van der Waals surface area contributed by atoms with Gasteiger partial charge in [0.2, 0.25) is 5.91 Å². The minimum Gasteiger partial charge on any atom is -0.325 e. The molecule has 1 amide bonds. The second-order valence-electron chi connectivity index (χ2n) is 7.91. The molecule has 10 heteroatoms. The molecule has 1 saturated carbocycles. The number of nitrogens with one attached hydrogen (secondary N) is 1. The van der Waals surface area contributed by atoms with Crippen molar-refractivity contribution in [3.8, 4) is 0 Å². The van der Waals surface area contributed by atoms with Crippen LogP contribution >= 0.6 is 23.1 Å². The number of carbonyl (C=O) groups is 1. The van der Waals surface area contributed by atoms with Crippen molar-refractivity contribution in [2.24, 2.45) is 0 Å². The van der Waals surface area contributed by atoms with Crippen LogP contribution in [0.2, 0.25) is 0 Å². The number of aryl methyl sites for hydroxylation is 1. The number of hydrogen-bond donors (Lipinski definition) is 1. The fourth-order valence-electron chi connectivity index (χ4n) is 4.02. The van der Waals surface area contributed by atoms with E-state index in [-0.39, 0.29) is 17.3 Å². The van der Waals surface area contributed by atoms with Crippen LogP contribution in [-0.4, -0.2) is 31.3 Å². The van der Waals surface area contributed by atoms with E-state index in [1.165, 1.54) is 48.0 Å². The van der Waals surface area contributed by atoms with Crippen LogP contribution in [0, 0.1) is 17.0 Å². The summed E-state index contributed by atoms with van der Waals surface area (Å²) in [5, 5.41) is 25.5. The summed E-state index contributed by atoms with van der Waals surface area (Å²) in [5.41, 5.74) is 1.24. The van der Waals surface area contributed by atoms with E-state index < -0.39 is 4.92 Å². The second-order valence-corrected chi connectivity index (χ2v) is 9.88. The largest absolute Gasteiger partial charge is 0.325 e. The van der Waals surface area contributed by atoms with Crippen LogP contribution in [-0.2, 0) is 11.2 Å². The van der Waals surface area contributed by atoms with Crippen molar-refractivity contribution < 1.29 is 9.72 Å². The predicted molar refractivity (Wildman–Crippen MR) is 126 cm³/mol. The fraction of sp³-hybridized carbons (Fsp3) is 0.409. The van der Waals surface area contributed by atoms with Gasteiger partial charge in [-0.25, -0.2) is 0 Å². The first-order valence-corrected chi connectivity index (χ1v) is 12.5. The van der Waals surface area contributed by atoms with Gasteiger partial charge in [0, 0.05) is 35.2 Å². The predicted octanol–water partition coefficient (Wildman–Crippen LogP) is 5.38. The Bertz CT molecular complexity index is 1090. The number of nitro groups is 1. The summed E-state index contributed by atoms with van der Waals surface area (Å²) in [6, 6.07) is 8.95. The molecule has 1 aromatic carbocycles. The van der Waals surface area contributed by atoms with Crippen LogP contribution in [0.25, 0.3) is 0 Å². The average Bonchev–Trinajstić information content (AvgIpc) is 3.44. The third-order valence-corrected chi connectivity index (χ3v) is 7.43. The van der Waals surface area contributed by atoms with E-state index in [0.29, 0.717) is 17.3 Å².